The second kappa shape index (κ2) is 39.8. The number of anilines is 15. The Bertz CT molecular complexity index is 8570. The van der Waals surface area contributed by atoms with Crippen LogP contribution in [0.15, 0.2) is 564 Å². The molecule has 25 aromatic carbocycles. The topological polar surface area (TPSA) is 19.4 Å². The minimum Gasteiger partial charge on any atom is -0.345 e. The van der Waals surface area contributed by atoms with Gasteiger partial charge in [-0.05, 0) is 307 Å². The molecule has 0 atom stereocenters. The van der Waals surface area contributed by atoms with Gasteiger partial charge >= 0.3 is 0 Å². The van der Waals surface area contributed by atoms with Crippen molar-refractivity contribution in [2.24, 2.45) is 0 Å². The van der Waals surface area contributed by atoms with Crippen LogP contribution in [0.25, 0.3) is 142 Å². The summed E-state index contributed by atoms with van der Waals surface area (Å²) in [5.41, 5.74) is 29.2. The van der Waals surface area contributed by atoms with E-state index in [1.165, 1.54) is 148 Å². The number of rotatable bonds is 20. The van der Waals surface area contributed by atoms with E-state index < -0.39 is 0 Å². The van der Waals surface area contributed by atoms with Crippen LogP contribution in [0.3, 0.4) is 0 Å². The molecule has 0 aliphatic heterocycles. The third-order valence-corrected chi connectivity index (χ3v) is 27.9. The predicted molar refractivity (Wildman–Crippen MR) is 614 cm³/mol. The molecular formula is C137H102N6. The molecule has 0 spiro atoms. The van der Waals surface area contributed by atoms with Crippen molar-refractivity contribution < 1.29 is 0 Å². The maximum atomic E-state index is 2.36. The third kappa shape index (κ3) is 18.7. The van der Waals surface area contributed by atoms with Crippen LogP contribution in [0.4, 0.5) is 85.3 Å². The molecule has 0 fully saturated rings. The fraction of sp³-hybridized carbons (Fsp3) is 0.0219. The first kappa shape index (κ1) is 88.4. The Morgan fingerprint density at radius 1 is 0.105 bits per heavy atom. The fourth-order valence-corrected chi connectivity index (χ4v) is 20.1. The zero-order chi connectivity index (χ0) is 95.9. The van der Waals surface area contributed by atoms with Crippen molar-refractivity contribution in [3.63, 3.8) is 0 Å². The van der Waals surface area contributed by atoms with E-state index in [1.54, 1.807) is 0 Å². The lowest BCUT2D eigenvalue weighted by molar-refractivity contribution is 1.21. The monoisotopic (exact) mass is 1830 g/mol. The molecule has 0 radical (unpaired) electrons. The lowest BCUT2D eigenvalue weighted by Crippen LogP contribution is -2.10. The minimum atomic E-state index is 1.12. The summed E-state index contributed by atoms with van der Waals surface area (Å²) in [4.78, 5) is 13.9. The Balaban J connectivity index is 0.000000119. The minimum absolute atomic E-state index is 1.12. The van der Waals surface area contributed by atoms with Gasteiger partial charge in [0.2, 0.25) is 0 Å². The van der Waals surface area contributed by atoms with Gasteiger partial charge in [-0.25, -0.2) is 0 Å². The normalized spacial score (nSPS) is 11.2. The van der Waals surface area contributed by atoms with Crippen molar-refractivity contribution in [2.75, 3.05) is 50.5 Å². The maximum absolute atomic E-state index is 2.36. The fourth-order valence-electron chi connectivity index (χ4n) is 20.1. The molecule has 0 bridgehead atoms. The van der Waals surface area contributed by atoms with Crippen molar-refractivity contribution in [1.29, 1.82) is 0 Å². The molecule has 0 aliphatic carbocycles. The summed E-state index contributed by atoms with van der Waals surface area (Å²) in [6.07, 6.45) is 0. The molecule has 0 saturated carbocycles. The van der Waals surface area contributed by atoms with Crippen molar-refractivity contribution in [3.05, 3.63) is 564 Å². The second-order valence-electron chi connectivity index (χ2n) is 36.6. The molecule has 0 aliphatic rings. The summed E-state index contributed by atoms with van der Waals surface area (Å²) in [7, 11) is 6.42. The predicted octanol–water partition coefficient (Wildman–Crippen LogP) is 38.3. The SMILES string of the molecule is CN(c1ccc(-c2ccc(N(c3ccc4ccccc4c3)c3ccc4ccccc4c3)cc2)cc1)c1c2ccccc2cc2ccccc12.CN(c1ccc(-c2ccc(N(c3ccc4ccccc4c3)c3ccc4ccccc4c3)cc2)cc1)c1cccc(-c2ccccc2)c1.CN(c1ccc(-c2ccccc2)cc1)c1ccc(-c2ccc(N(c3ccc4ccccc4c3)c3ccc4ccccc4c3)cc2)cc1. The summed E-state index contributed by atoms with van der Waals surface area (Å²) in [6, 6.07) is 203. The van der Waals surface area contributed by atoms with E-state index >= 15 is 0 Å². The van der Waals surface area contributed by atoms with Crippen molar-refractivity contribution >= 4 is 171 Å². The summed E-state index contributed by atoms with van der Waals surface area (Å²) in [6.45, 7) is 0. The molecule has 6 heteroatoms. The van der Waals surface area contributed by atoms with Crippen LogP contribution in [0.1, 0.15) is 0 Å². The van der Waals surface area contributed by atoms with E-state index in [1.807, 2.05) is 0 Å². The Labute approximate surface area is 835 Å². The van der Waals surface area contributed by atoms with Gasteiger partial charge in [-0.15, -0.1) is 0 Å². The second-order valence-corrected chi connectivity index (χ2v) is 36.6. The van der Waals surface area contributed by atoms with Crippen LogP contribution < -0.4 is 29.4 Å². The summed E-state index contributed by atoms with van der Waals surface area (Å²) in [5.74, 6) is 0. The van der Waals surface area contributed by atoms with Gasteiger partial charge in [-0.3, -0.25) is 0 Å². The maximum Gasteiger partial charge on any atom is 0.0567 e. The highest BCUT2D eigenvalue weighted by atomic mass is 15.2. The Kier molecular flexibility index (Phi) is 24.6. The number of fused-ring (bicyclic) bond motifs is 8. The Hall–Kier alpha value is -18.6. The third-order valence-electron chi connectivity index (χ3n) is 27.9. The van der Waals surface area contributed by atoms with Crippen LogP contribution in [0, 0.1) is 0 Å². The molecule has 0 unspecified atom stereocenters. The van der Waals surface area contributed by atoms with E-state index in [9.17, 15) is 0 Å². The van der Waals surface area contributed by atoms with E-state index in [0.29, 0.717) is 0 Å². The van der Waals surface area contributed by atoms with Gasteiger partial charge < -0.3 is 29.4 Å². The van der Waals surface area contributed by atoms with Crippen molar-refractivity contribution in [2.45, 2.75) is 0 Å². The Morgan fingerprint density at radius 3 is 0.559 bits per heavy atom. The standard InChI is InChI=1S/C47H34N2.2C45H34N2/c1-48(47-45-16-8-6-14-39(45)30-40-15-7-9-17-46(40)47)41-24-18-35(19-25-41)36-20-26-42(27-21-36)49(43-28-22-33-10-2-4-12-37(33)31-43)44-29-23-34-11-3-5-13-38(34)32-44;1-46(43-17-9-16-40(30-43)33-10-3-2-4-11-33)41-24-18-36(19-25-41)37-20-26-42(27-21-37)47(44-28-22-34-12-5-7-14-38(34)31-44)45-29-23-35-13-6-8-15-39(35)32-45;1-46(41-23-15-36(16-24-41)33-9-3-2-4-10-33)42-25-17-37(18-26-42)38-19-27-43(28-20-38)47(44-29-21-34-11-5-7-13-39(34)31-44)45-30-22-35-12-6-8-14-40(35)32-45/h2-32H,1H3;2*2-32H,1H3. The van der Waals surface area contributed by atoms with E-state index in [4.69, 9.17) is 0 Å². The number of hydrogen-bond acceptors (Lipinski definition) is 6. The highest BCUT2D eigenvalue weighted by Crippen LogP contribution is 2.46. The zero-order valence-electron chi connectivity index (χ0n) is 79.9. The van der Waals surface area contributed by atoms with Crippen LogP contribution in [-0.4, -0.2) is 21.1 Å². The zero-order valence-corrected chi connectivity index (χ0v) is 79.9. The van der Waals surface area contributed by atoms with Crippen LogP contribution in [0.2, 0.25) is 0 Å². The molecule has 680 valence electrons. The van der Waals surface area contributed by atoms with Gasteiger partial charge in [0.1, 0.15) is 0 Å². The average molecular weight is 1830 g/mol. The van der Waals surface area contributed by atoms with Crippen molar-refractivity contribution in [1.82, 2.24) is 0 Å². The molecule has 143 heavy (non-hydrogen) atoms. The van der Waals surface area contributed by atoms with Crippen LogP contribution in [0.5, 0.6) is 0 Å². The lowest BCUT2D eigenvalue weighted by Gasteiger charge is -2.26. The van der Waals surface area contributed by atoms with E-state index in [0.717, 1.165) is 79.6 Å². The molecule has 25 rings (SSSR count). The first-order chi connectivity index (χ1) is 70.6. The van der Waals surface area contributed by atoms with E-state index in [2.05, 4.69) is 615 Å². The van der Waals surface area contributed by atoms with E-state index in [-0.39, 0.29) is 0 Å². The highest BCUT2D eigenvalue weighted by Gasteiger charge is 2.22. The molecular weight excluding hydrogens is 1730 g/mol. The van der Waals surface area contributed by atoms with Gasteiger partial charge in [0.05, 0.1) is 5.69 Å². The van der Waals surface area contributed by atoms with Gasteiger partial charge in [0, 0.05) is 112 Å². The molecule has 0 saturated heterocycles. The first-order valence-corrected chi connectivity index (χ1v) is 49.0. The molecule has 6 nitrogen and oxygen atoms in total. The van der Waals surface area contributed by atoms with Gasteiger partial charge in [-0.1, -0.05) is 388 Å². The van der Waals surface area contributed by atoms with Gasteiger partial charge in [0.25, 0.3) is 0 Å². The molecule has 0 aromatic heterocycles. The van der Waals surface area contributed by atoms with Crippen LogP contribution >= 0.6 is 0 Å². The summed E-state index contributed by atoms with van der Waals surface area (Å²) in [5, 5.41) is 19.8. The molecule has 0 amide bonds. The Morgan fingerprint density at radius 2 is 0.294 bits per heavy atom. The lowest BCUT2D eigenvalue weighted by atomic mass is 9.99. The molecule has 0 heterocycles. The molecule has 0 N–H and O–H groups in total. The largest absolute Gasteiger partial charge is 0.345 e. The summed E-state index contributed by atoms with van der Waals surface area (Å²) < 4.78 is 0. The average Bonchev–Trinajstić information content (AvgIpc) is 0.757. The smallest absolute Gasteiger partial charge is 0.0567 e. The number of benzene rings is 25. The number of hydrogen-bond donors (Lipinski definition) is 0. The van der Waals surface area contributed by atoms with Gasteiger partial charge in [0.15, 0.2) is 0 Å². The quantitative estimate of drug-likeness (QED) is 0.0704. The first-order valence-electron chi connectivity index (χ1n) is 49.0. The highest BCUT2D eigenvalue weighted by molar-refractivity contribution is 6.13. The number of nitrogens with zero attached hydrogens (tertiary/aromatic N) is 6. The summed E-state index contributed by atoms with van der Waals surface area (Å²) >= 11 is 0. The molecule has 25 aromatic rings. The van der Waals surface area contributed by atoms with Crippen LogP contribution in [-0.2, 0) is 0 Å². The van der Waals surface area contributed by atoms with Gasteiger partial charge in [-0.2, -0.15) is 0 Å². The van der Waals surface area contributed by atoms with Crippen molar-refractivity contribution in [3.8, 4) is 55.6 Å².